The molecule has 0 amide bonds. The summed E-state index contributed by atoms with van der Waals surface area (Å²) in [5.74, 6) is 1.78. The van der Waals surface area contributed by atoms with E-state index in [9.17, 15) is 0 Å². The lowest BCUT2D eigenvalue weighted by atomic mass is 9.66. The van der Waals surface area contributed by atoms with Crippen molar-refractivity contribution in [3.8, 4) is 28.3 Å². The summed E-state index contributed by atoms with van der Waals surface area (Å²) >= 11 is 1.86. The molecule has 4 heteroatoms. The van der Waals surface area contributed by atoms with Gasteiger partial charge in [0.1, 0.15) is 11.5 Å². The van der Waals surface area contributed by atoms with Crippen molar-refractivity contribution in [3.05, 3.63) is 241 Å². The molecule has 0 saturated carbocycles. The Balaban J connectivity index is 1.14. The van der Waals surface area contributed by atoms with Gasteiger partial charge < -0.3 is 14.2 Å². The summed E-state index contributed by atoms with van der Waals surface area (Å²) < 4.78 is 11.7. The van der Waals surface area contributed by atoms with Crippen LogP contribution in [0, 0.1) is 0 Å². The fourth-order valence-electron chi connectivity index (χ4n) is 11.2. The highest BCUT2D eigenvalue weighted by atomic mass is 32.1. The molecule has 63 heavy (non-hydrogen) atoms. The summed E-state index contributed by atoms with van der Waals surface area (Å²) in [5, 5.41) is 7.41. The Morgan fingerprint density at radius 3 is 1.87 bits per heavy atom. The van der Waals surface area contributed by atoms with E-state index in [1.807, 2.05) is 11.3 Å². The number of para-hydroxylation sites is 4. The molecule has 0 unspecified atom stereocenters. The number of benzene rings is 10. The molecule has 0 bridgehead atoms. The second kappa shape index (κ2) is 13.0. The van der Waals surface area contributed by atoms with Gasteiger partial charge in [0.15, 0.2) is 0 Å². The van der Waals surface area contributed by atoms with E-state index in [0.717, 1.165) is 45.4 Å². The van der Waals surface area contributed by atoms with Crippen LogP contribution in [0.4, 0.5) is 17.1 Å². The van der Waals surface area contributed by atoms with E-state index >= 15 is 0 Å². The first kappa shape index (κ1) is 34.8. The first-order chi connectivity index (χ1) is 31.3. The number of fused-ring (bicyclic) bond motifs is 17. The van der Waals surface area contributed by atoms with Crippen molar-refractivity contribution < 1.29 is 4.74 Å². The predicted octanol–water partition coefficient (Wildman–Crippen LogP) is 16.2. The first-order valence-electron chi connectivity index (χ1n) is 21.6. The van der Waals surface area contributed by atoms with Gasteiger partial charge in [0.2, 0.25) is 0 Å². The van der Waals surface area contributed by atoms with Gasteiger partial charge in [-0.15, -0.1) is 11.3 Å². The van der Waals surface area contributed by atoms with Crippen molar-refractivity contribution in [1.82, 2.24) is 4.57 Å². The van der Waals surface area contributed by atoms with E-state index in [4.69, 9.17) is 4.74 Å². The van der Waals surface area contributed by atoms with Gasteiger partial charge in [-0.25, -0.2) is 0 Å². The number of nitrogens with zero attached hydrogens (tertiary/aromatic N) is 2. The summed E-state index contributed by atoms with van der Waals surface area (Å²) in [5.41, 5.74) is 13.6. The third-order valence-corrected chi connectivity index (χ3v) is 14.8. The maximum absolute atomic E-state index is 6.78. The van der Waals surface area contributed by atoms with Crippen LogP contribution in [0.5, 0.6) is 11.5 Å². The number of aromatic nitrogens is 1. The van der Waals surface area contributed by atoms with Crippen molar-refractivity contribution in [3.63, 3.8) is 0 Å². The number of anilines is 3. The second-order valence-electron chi connectivity index (χ2n) is 16.7. The number of hydrogen-bond acceptors (Lipinski definition) is 3. The van der Waals surface area contributed by atoms with Crippen molar-refractivity contribution in [2.75, 3.05) is 4.90 Å². The molecule has 3 nitrogen and oxygen atoms in total. The predicted molar refractivity (Wildman–Crippen MR) is 263 cm³/mol. The van der Waals surface area contributed by atoms with Crippen LogP contribution in [-0.2, 0) is 5.41 Å². The maximum Gasteiger partial charge on any atom is 0.132 e. The first-order valence-corrected chi connectivity index (χ1v) is 22.4. The van der Waals surface area contributed by atoms with Crippen molar-refractivity contribution >= 4 is 81.1 Å². The zero-order valence-corrected chi connectivity index (χ0v) is 34.8. The molecule has 1 spiro atoms. The van der Waals surface area contributed by atoms with Crippen LogP contribution < -0.4 is 9.64 Å². The van der Waals surface area contributed by atoms with Gasteiger partial charge in [0.25, 0.3) is 0 Å². The van der Waals surface area contributed by atoms with Gasteiger partial charge in [0.05, 0.1) is 27.8 Å². The molecule has 0 fully saturated rings. The molecule has 3 heterocycles. The van der Waals surface area contributed by atoms with Crippen LogP contribution >= 0.6 is 11.3 Å². The highest BCUT2D eigenvalue weighted by molar-refractivity contribution is 7.26. The Bertz CT molecular complexity index is 3810. The minimum Gasteiger partial charge on any atom is -0.457 e. The molecule has 2 aliphatic rings. The van der Waals surface area contributed by atoms with Gasteiger partial charge in [-0.05, 0) is 100 Å². The van der Waals surface area contributed by atoms with Crippen molar-refractivity contribution in [2.24, 2.45) is 0 Å². The average molecular weight is 821 g/mol. The van der Waals surface area contributed by atoms with Crippen molar-refractivity contribution in [2.45, 2.75) is 5.41 Å². The fraction of sp³-hybridized carbons (Fsp3) is 0.0169. The lowest BCUT2D eigenvalue weighted by Crippen LogP contribution is -2.32. The normalized spacial score (nSPS) is 13.3. The summed E-state index contributed by atoms with van der Waals surface area (Å²) in [6.45, 7) is 0. The number of ether oxygens (including phenoxy) is 1. The molecule has 0 radical (unpaired) electrons. The minimum atomic E-state index is -0.629. The Morgan fingerprint density at radius 2 is 1.03 bits per heavy atom. The molecule has 0 N–H and O–H groups in total. The Morgan fingerprint density at radius 1 is 0.413 bits per heavy atom. The standard InChI is InChI=1S/C59H36N2OS/c1-2-17-38(18-3-1)60-48-25-10-6-20-41(48)43-36-39(33-35-49(43)60)61(50-27-15-31-55-57(50)42-21-7-13-30-54(42)63-55)51-26-14-24-46-58(51)56-40-19-5-4-16-37(40)32-34-47(56)59(46)44-22-8-11-28-52(44)62-53-29-12-9-23-45(53)59/h1-36H. The van der Waals surface area contributed by atoms with Crippen LogP contribution in [0.3, 0.4) is 0 Å². The summed E-state index contributed by atoms with van der Waals surface area (Å²) in [6.07, 6.45) is 0. The van der Waals surface area contributed by atoms with E-state index in [0.29, 0.717) is 0 Å². The van der Waals surface area contributed by atoms with Crippen LogP contribution in [0.25, 0.3) is 69.6 Å². The largest absolute Gasteiger partial charge is 0.457 e. The average Bonchev–Trinajstić information content (AvgIpc) is 3.99. The number of rotatable bonds is 4. The number of thiophene rings is 1. The Labute approximate surface area is 367 Å². The van der Waals surface area contributed by atoms with Gasteiger partial charge in [-0.3, -0.25) is 0 Å². The SMILES string of the molecule is c1ccc(-n2c3ccccc3c3cc(N(c4cccc5c4-c4c(ccc6ccccc46)C54c5ccccc5Oc5ccccc54)c4cccc5sc6ccccc6c45)ccc32)cc1. The maximum atomic E-state index is 6.78. The third-order valence-electron chi connectivity index (χ3n) is 13.6. The molecule has 2 aromatic heterocycles. The smallest absolute Gasteiger partial charge is 0.132 e. The quantitative estimate of drug-likeness (QED) is 0.176. The molecule has 14 rings (SSSR count). The summed E-state index contributed by atoms with van der Waals surface area (Å²) in [7, 11) is 0. The van der Waals surface area contributed by atoms with Crippen LogP contribution in [-0.4, -0.2) is 4.57 Å². The topological polar surface area (TPSA) is 17.4 Å². The molecule has 1 aliphatic heterocycles. The Hall–Kier alpha value is -7.92. The molecule has 0 saturated heterocycles. The van der Waals surface area contributed by atoms with E-state index < -0.39 is 5.41 Å². The van der Waals surface area contributed by atoms with Gasteiger partial charge in [-0.1, -0.05) is 146 Å². The molecule has 0 atom stereocenters. The monoisotopic (exact) mass is 820 g/mol. The van der Waals surface area contributed by atoms with E-state index in [1.165, 1.54) is 75.0 Å². The lowest BCUT2D eigenvalue weighted by Gasteiger charge is -2.39. The van der Waals surface area contributed by atoms with E-state index in [2.05, 4.69) is 228 Å². The molecule has 294 valence electrons. The zero-order chi connectivity index (χ0) is 41.2. The van der Waals surface area contributed by atoms with Gasteiger partial charge in [0, 0.05) is 59.0 Å². The Kier molecular flexibility index (Phi) is 7.20. The van der Waals surface area contributed by atoms with Crippen molar-refractivity contribution in [1.29, 1.82) is 0 Å². The minimum absolute atomic E-state index is 0.629. The molecular formula is C59H36N2OS. The van der Waals surface area contributed by atoms with Crippen LogP contribution in [0.15, 0.2) is 218 Å². The fourth-order valence-corrected chi connectivity index (χ4v) is 12.3. The highest BCUT2D eigenvalue weighted by Gasteiger charge is 2.52. The molecule has 12 aromatic rings. The number of hydrogen-bond donors (Lipinski definition) is 0. The van der Waals surface area contributed by atoms with E-state index in [1.54, 1.807) is 0 Å². The summed E-state index contributed by atoms with van der Waals surface area (Å²) in [4.78, 5) is 2.57. The highest BCUT2D eigenvalue weighted by Crippen LogP contribution is 2.65. The van der Waals surface area contributed by atoms with Crippen LogP contribution in [0.2, 0.25) is 0 Å². The molecule has 1 aliphatic carbocycles. The summed E-state index contributed by atoms with van der Waals surface area (Å²) in [6, 6.07) is 80.3. The van der Waals surface area contributed by atoms with E-state index in [-0.39, 0.29) is 0 Å². The molecular weight excluding hydrogens is 785 g/mol. The zero-order valence-electron chi connectivity index (χ0n) is 34.0. The third kappa shape index (κ3) is 4.68. The van der Waals surface area contributed by atoms with Gasteiger partial charge in [-0.2, -0.15) is 0 Å². The van der Waals surface area contributed by atoms with Crippen LogP contribution in [0.1, 0.15) is 22.3 Å². The second-order valence-corrected chi connectivity index (χ2v) is 17.8. The molecule has 10 aromatic carbocycles. The lowest BCUT2D eigenvalue weighted by molar-refractivity contribution is 0.436. The van der Waals surface area contributed by atoms with Gasteiger partial charge >= 0.3 is 0 Å².